The zero-order valence-electron chi connectivity index (χ0n) is 14.9. The molecule has 140 valence electrons. The number of methoxy groups -OCH3 is 2. The summed E-state index contributed by atoms with van der Waals surface area (Å²) < 4.78 is 10.5. The Bertz CT molecular complexity index is 982. The highest BCUT2D eigenvalue weighted by molar-refractivity contribution is 9.10. The number of benzene rings is 2. The lowest BCUT2D eigenvalue weighted by molar-refractivity contribution is -0.162. The first-order valence-corrected chi connectivity index (χ1v) is 9.00. The summed E-state index contributed by atoms with van der Waals surface area (Å²) in [4.78, 5) is 28.6. The zero-order valence-corrected chi connectivity index (χ0v) is 16.4. The third-order valence-corrected chi connectivity index (χ3v) is 5.37. The summed E-state index contributed by atoms with van der Waals surface area (Å²) in [5.41, 5.74) is 6.60. The number of fused-ring (bicyclic) bond motifs is 1. The number of carbonyl (C=O) groups excluding carboxylic acids is 2. The average molecular weight is 431 g/mol. The maximum absolute atomic E-state index is 12.7. The first-order chi connectivity index (χ1) is 12.9. The van der Waals surface area contributed by atoms with Crippen molar-refractivity contribution in [2.75, 3.05) is 14.2 Å². The molecule has 0 amide bonds. The molecule has 0 bridgehead atoms. The van der Waals surface area contributed by atoms with Crippen LogP contribution in [0.5, 0.6) is 0 Å². The highest BCUT2D eigenvalue weighted by Crippen LogP contribution is 2.41. The number of hydrogen-bond acceptors (Lipinski definition) is 5. The number of nitrogens with two attached hydrogens (primary N) is 1. The summed E-state index contributed by atoms with van der Waals surface area (Å²) in [5.74, 6) is -2.59. The summed E-state index contributed by atoms with van der Waals surface area (Å²) in [5, 5.41) is 0.848. The first kappa shape index (κ1) is 19.1. The molecule has 3 aromatic rings. The number of hydrogen-bond donors (Lipinski definition) is 2. The van der Waals surface area contributed by atoms with E-state index in [2.05, 4.69) is 20.9 Å². The largest absolute Gasteiger partial charge is 0.467 e. The van der Waals surface area contributed by atoms with E-state index >= 15 is 0 Å². The lowest BCUT2D eigenvalue weighted by Crippen LogP contribution is -2.60. The summed E-state index contributed by atoms with van der Waals surface area (Å²) in [7, 11) is 2.39. The number of aromatic amines is 1. The molecule has 0 saturated heterocycles. The molecule has 2 aromatic carbocycles. The van der Waals surface area contributed by atoms with Crippen LogP contribution in [0.2, 0.25) is 0 Å². The van der Waals surface area contributed by atoms with Crippen LogP contribution in [0.25, 0.3) is 10.9 Å². The minimum atomic E-state index is -2.07. The summed E-state index contributed by atoms with van der Waals surface area (Å²) in [6, 6.07) is 14.9. The third-order valence-electron chi connectivity index (χ3n) is 4.65. The quantitative estimate of drug-likeness (QED) is 0.478. The number of aromatic nitrogens is 1. The molecule has 0 aliphatic rings. The van der Waals surface area contributed by atoms with Gasteiger partial charge in [-0.2, -0.15) is 0 Å². The molecule has 0 radical (unpaired) electrons. The maximum atomic E-state index is 12.7. The molecule has 0 spiro atoms. The van der Waals surface area contributed by atoms with Crippen LogP contribution in [-0.2, 0) is 19.1 Å². The van der Waals surface area contributed by atoms with Crippen molar-refractivity contribution >= 4 is 38.8 Å². The molecular formula is C20H19BrN2O4. The van der Waals surface area contributed by atoms with Crippen molar-refractivity contribution in [1.29, 1.82) is 0 Å². The second kappa shape index (κ2) is 7.54. The van der Waals surface area contributed by atoms with Gasteiger partial charge in [-0.05, 0) is 23.3 Å². The van der Waals surface area contributed by atoms with Crippen LogP contribution in [0.4, 0.5) is 0 Å². The van der Waals surface area contributed by atoms with Crippen molar-refractivity contribution in [2.45, 2.75) is 11.5 Å². The fraction of sp³-hybridized carbons (Fsp3) is 0.200. The Morgan fingerprint density at radius 2 is 1.59 bits per heavy atom. The molecular weight excluding hydrogens is 412 g/mol. The molecule has 7 heteroatoms. The van der Waals surface area contributed by atoms with Gasteiger partial charge in [0.1, 0.15) is 0 Å². The Hall–Kier alpha value is -2.64. The number of carbonyl (C=O) groups is 2. The van der Waals surface area contributed by atoms with E-state index in [4.69, 9.17) is 15.2 Å². The second-order valence-electron chi connectivity index (χ2n) is 6.10. The normalized spacial score (nSPS) is 12.6. The second-order valence-corrected chi connectivity index (χ2v) is 6.95. The molecule has 3 rings (SSSR count). The Morgan fingerprint density at radius 1 is 1.00 bits per heavy atom. The molecule has 0 saturated carbocycles. The number of ether oxygens (including phenoxy) is 2. The number of esters is 2. The summed E-state index contributed by atoms with van der Waals surface area (Å²) >= 11 is 3.51. The van der Waals surface area contributed by atoms with E-state index in [1.54, 1.807) is 6.20 Å². The number of para-hydroxylation sites is 1. The van der Waals surface area contributed by atoms with Gasteiger partial charge in [0.2, 0.25) is 5.54 Å². The van der Waals surface area contributed by atoms with Crippen molar-refractivity contribution in [3.8, 4) is 0 Å². The number of rotatable bonds is 5. The van der Waals surface area contributed by atoms with Crippen LogP contribution in [0.3, 0.4) is 0 Å². The molecule has 1 heterocycles. The molecule has 3 N–H and O–H groups in total. The topological polar surface area (TPSA) is 94.4 Å². The van der Waals surface area contributed by atoms with Crippen LogP contribution in [0, 0.1) is 0 Å². The van der Waals surface area contributed by atoms with Gasteiger partial charge in [0.05, 0.1) is 20.1 Å². The van der Waals surface area contributed by atoms with Crippen LogP contribution >= 0.6 is 15.9 Å². The lowest BCUT2D eigenvalue weighted by atomic mass is 9.75. The van der Waals surface area contributed by atoms with Crippen LogP contribution in [-0.4, -0.2) is 36.7 Å². The SMILES string of the molecule is COC(=O)C(N)(C(=O)OC)[C@H](c1ccccc1Br)c1c[nH]c2ccccc12. The van der Waals surface area contributed by atoms with E-state index in [1.807, 2.05) is 48.5 Å². The van der Waals surface area contributed by atoms with Gasteiger partial charge in [-0.1, -0.05) is 52.3 Å². The van der Waals surface area contributed by atoms with Crippen molar-refractivity contribution in [1.82, 2.24) is 4.98 Å². The predicted molar refractivity (Wildman–Crippen MR) is 105 cm³/mol. The monoisotopic (exact) mass is 430 g/mol. The molecule has 27 heavy (non-hydrogen) atoms. The van der Waals surface area contributed by atoms with Gasteiger partial charge >= 0.3 is 11.9 Å². The zero-order chi connectivity index (χ0) is 19.6. The minimum Gasteiger partial charge on any atom is -0.467 e. The maximum Gasteiger partial charge on any atom is 0.338 e. The molecule has 6 nitrogen and oxygen atoms in total. The van der Waals surface area contributed by atoms with Gasteiger partial charge in [-0.25, -0.2) is 9.59 Å². The fourth-order valence-electron chi connectivity index (χ4n) is 3.36. The summed E-state index contributed by atoms with van der Waals surface area (Å²) in [6.45, 7) is 0. The first-order valence-electron chi connectivity index (χ1n) is 8.21. The van der Waals surface area contributed by atoms with Crippen LogP contribution < -0.4 is 5.73 Å². The van der Waals surface area contributed by atoms with Gasteiger partial charge in [0, 0.05) is 21.6 Å². The Morgan fingerprint density at radius 3 is 2.22 bits per heavy atom. The average Bonchev–Trinajstić information content (AvgIpc) is 3.12. The molecule has 0 aliphatic heterocycles. The van der Waals surface area contributed by atoms with Gasteiger partial charge in [-0.15, -0.1) is 0 Å². The molecule has 0 unspecified atom stereocenters. The molecule has 1 atom stereocenters. The molecule has 0 fully saturated rings. The number of H-pyrrole nitrogens is 1. The number of halogens is 1. The standard InChI is InChI=1S/C20H19BrN2O4/c1-26-18(24)20(22,19(25)27-2)17(13-8-3-5-9-15(13)21)14-11-23-16-10-6-4-7-12(14)16/h3-11,17,23H,22H2,1-2H3/t17-/m1/s1. The van der Waals surface area contributed by atoms with E-state index in [0.717, 1.165) is 10.9 Å². The smallest absolute Gasteiger partial charge is 0.338 e. The van der Waals surface area contributed by atoms with Crippen molar-refractivity contribution in [3.63, 3.8) is 0 Å². The summed E-state index contributed by atoms with van der Waals surface area (Å²) in [6.07, 6.45) is 1.75. The lowest BCUT2D eigenvalue weighted by Gasteiger charge is -2.33. The number of nitrogens with one attached hydrogen (secondary N) is 1. The van der Waals surface area contributed by atoms with E-state index in [1.165, 1.54) is 14.2 Å². The fourth-order valence-corrected chi connectivity index (χ4v) is 3.87. The third kappa shape index (κ3) is 3.13. The van der Waals surface area contributed by atoms with Crippen LogP contribution in [0.1, 0.15) is 17.0 Å². The Labute approximate surface area is 164 Å². The highest BCUT2D eigenvalue weighted by Gasteiger charge is 2.53. The molecule has 0 aliphatic carbocycles. The Kier molecular flexibility index (Phi) is 5.34. The van der Waals surface area contributed by atoms with Crippen molar-refractivity contribution < 1.29 is 19.1 Å². The Balaban J connectivity index is 2.36. The minimum absolute atomic E-state index is 0.667. The van der Waals surface area contributed by atoms with Gasteiger partial charge < -0.3 is 20.2 Å². The van der Waals surface area contributed by atoms with Gasteiger partial charge in [0.25, 0.3) is 0 Å². The van der Waals surface area contributed by atoms with E-state index in [9.17, 15) is 9.59 Å². The highest BCUT2D eigenvalue weighted by atomic mass is 79.9. The predicted octanol–water partition coefficient (Wildman–Crippen LogP) is 3.11. The molecule has 1 aromatic heterocycles. The van der Waals surface area contributed by atoms with E-state index in [-0.39, 0.29) is 0 Å². The van der Waals surface area contributed by atoms with Gasteiger partial charge in [0.15, 0.2) is 0 Å². The van der Waals surface area contributed by atoms with Gasteiger partial charge in [-0.3, -0.25) is 0 Å². The van der Waals surface area contributed by atoms with E-state index in [0.29, 0.717) is 15.6 Å². The van der Waals surface area contributed by atoms with Crippen molar-refractivity contribution in [3.05, 3.63) is 70.3 Å². The van der Waals surface area contributed by atoms with Crippen molar-refractivity contribution in [2.24, 2.45) is 5.73 Å². The van der Waals surface area contributed by atoms with E-state index < -0.39 is 23.4 Å². The van der Waals surface area contributed by atoms with Crippen LogP contribution in [0.15, 0.2) is 59.2 Å².